The molecule has 0 bridgehead atoms. The number of rotatable bonds is 4. The summed E-state index contributed by atoms with van der Waals surface area (Å²) >= 11 is 0. The molecule has 0 saturated heterocycles. The third-order valence-electron chi connectivity index (χ3n) is 1.58. The van der Waals surface area contributed by atoms with Crippen LogP contribution in [0.2, 0.25) is 0 Å². The molecule has 2 atom stereocenters. The van der Waals surface area contributed by atoms with E-state index in [9.17, 15) is 0 Å². The zero-order valence-electron chi connectivity index (χ0n) is 6.77. The molecule has 0 radical (unpaired) electrons. The fourth-order valence-electron chi connectivity index (χ4n) is 0.712. The van der Waals surface area contributed by atoms with Crippen molar-refractivity contribution in [2.75, 3.05) is 14.2 Å². The lowest BCUT2D eigenvalue weighted by Gasteiger charge is -2.14. The van der Waals surface area contributed by atoms with Gasteiger partial charge in [0.25, 0.3) is 0 Å². The van der Waals surface area contributed by atoms with E-state index in [4.69, 9.17) is 4.74 Å². The van der Waals surface area contributed by atoms with Crippen LogP contribution in [0, 0.1) is 0 Å². The first-order valence-corrected chi connectivity index (χ1v) is 3.40. The second-order valence-electron chi connectivity index (χ2n) is 2.47. The molecular formula is C7H17NO. The first-order chi connectivity index (χ1) is 4.20. The Labute approximate surface area is 57.6 Å². The van der Waals surface area contributed by atoms with Gasteiger partial charge in [-0.2, -0.15) is 0 Å². The minimum atomic E-state index is 0.368. The van der Waals surface area contributed by atoms with Gasteiger partial charge < -0.3 is 10.1 Å². The molecule has 0 aliphatic rings. The van der Waals surface area contributed by atoms with Crippen molar-refractivity contribution < 1.29 is 4.74 Å². The highest BCUT2D eigenvalue weighted by molar-refractivity contribution is 4.61. The highest BCUT2D eigenvalue weighted by Gasteiger charge is 2.03. The van der Waals surface area contributed by atoms with Crippen molar-refractivity contribution in [3.63, 3.8) is 0 Å². The second-order valence-corrected chi connectivity index (χ2v) is 2.47. The average molecular weight is 131 g/mol. The van der Waals surface area contributed by atoms with Gasteiger partial charge in [-0.05, 0) is 27.3 Å². The Hall–Kier alpha value is -0.0800. The molecule has 0 saturated carbocycles. The maximum Gasteiger partial charge on any atom is 0.0557 e. The van der Waals surface area contributed by atoms with E-state index in [2.05, 4.69) is 19.2 Å². The minimum absolute atomic E-state index is 0.368. The SMILES string of the molecule is CNC(C)CC(C)OC. The fourth-order valence-corrected chi connectivity index (χ4v) is 0.712. The number of methoxy groups -OCH3 is 1. The van der Waals surface area contributed by atoms with Gasteiger partial charge in [-0.1, -0.05) is 0 Å². The molecule has 0 rings (SSSR count). The van der Waals surface area contributed by atoms with Crippen molar-refractivity contribution in [3.05, 3.63) is 0 Å². The largest absolute Gasteiger partial charge is 0.382 e. The summed E-state index contributed by atoms with van der Waals surface area (Å²) in [5.74, 6) is 0. The Bertz CT molecular complexity index is 57.9. The lowest BCUT2D eigenvalue weighted by molar-refractivity contribution is 0.103. The average Bonchev–Trinajstić information content (AvgIpc) is 1.87. The predicted octanol–water partition coefficient (Wildman–Crippen LogP) is 1.02. The highest BCUT2D eigenvalue weighted by Crippen LogP contribution is 1.98. The van der Waals surface area contributed by atoms with E-state index >= 15 is 0 Å². The fraction of sp³-hybridized carbons (Fsp3) is 1.00. The van der Waals surface area contributed by atoms with Gasteiger partial charge in [0, 0.05) is 13.2 Å². The summed E-state index contributed by atoms with van der Waals surface area (Å²) in [5.41, 5.74) is 0. The third-order valence-corrected chi connectivity index (χ3v) is 1.58. The van der Waals surface area contributed by atoms with E-state index in [1.165, 1.54) is 0 Å². The van der Waals surface area contributed by atoms with Gasteiger partial charge in [0.2, 0.25) is 0 Å². The van der Waals surface area contributed by atoms with E-state index in [0.29, 0.717) is 12.1 Å². The predicted molar refractivity (Wildman–Crippen MR) is 39.6 cm³/mol. The standard InChI is InChI=1S/C7H17NO/c1-6(8-3)5-7(2)9-4/h6-8H,5H2,1-4H3. The Kier molecular flexibility index (Phi) is 4.72. The molecule has 2 nitrogen and oxygen atoms in total. The summed E-state index contributed by atoms with van der Waals surface area (Å²) in [6.07, 6.45) is 1.44. The smallest absolute Gasteiger partial charge is 0.0557 e. The Morgan fingerprint density at radius 2 is 2.00 bits per heavy atom. The van der Waals surface area contributed by atoms with Crippen LogP contribution in [-0.2, 0) is 4.74 Å². The number of nitrogens with one attached hydrogen (secondary N) is 1. The molecule has 0 fully saturated rings. The first kappa shape index (κ1) is 8.92. The molecule has 2 unspecified atom stereocenters. The Morgan fingerprint density at radius 1 is 1.44 bits per heavy atom. The van der Waals surface area contributed by atoms with Crippen molar-refractivity contribution in [2.24, 2.45) is 0 Å². The maximum atomic E-state index is 5.08. The summed E-state index contributed by atoms with van der Waals surface area (Å²) in [6.45, 7) is 4.23. The topological polar surface area (TPSA) is 21.3 Å². The summed E-state index contributed by atoms with van der Waals surface area (Å²) in [5, 5.41) is 3.15. The summed E-state index contributed by atoms with van der Waals surface area (Å²) in [6, 6.07) is 0.556. The van der Waals surface area contributed by atoms with Crippen LogP contribution in [0.15, 0.2) is 0 Å². The Morgan fingerprint density at radius 3 is 2.33 bits per heavy atom. The number of ether oxygens (including phenoxy) is 1. The summed E-state index contributed by atoms with van der Waals surface area (Å²) in [4.78, 5) is 0. The summed E-state index contributed by atoms with van der Waals surface area (Å²) < 4.78 is 5.08. The number of hydrogen-bond acceptors (Lipinski definition) is 2. The van der Waals surface area contributed by atoms with E-state index in [0.717, 1.165) is 6.42 Å². The van der Waals surface area contributed by atoms with Crippen LogP contribution in [0.3, 0.4) is 0 Å². The van der Waals surface area contributed by atoms with Crippen LogP contribution in [0.4, 0.5) is 0 Å². The zero-order chi connectivity index (χ0) is 7.28. The molecule has 0 aromatic rings. The van der Waals surface area contributed by atoms with Crippen molar-refractivity contribution in [2.45, 2.75) is 32.4 Å². The molecule has 56 valence electrons. The van der Waals surface area contributed by atoms with E-state index < -0.39 is 0 Å². The first-order valence-electron chi connectivity index (χ1n) is 3.40. The molecule has 0 aromatic heterocycles. The van der Waals surface area contributed by atoms with Gasteiger partial charge >= 0.3 is 0 Å². The minimum Gasteiger partial charge on any atom is -0.382 e. The second kappa shape index (κ2) is 4.77. The van der Waals surface area contributed by atoms with Gasteiger partial charge in [-0.15, -0.1) is 0 Å². The molecule has 0 spiro atoms. The quantitative estimate of drug-likeness (QED) is 0.615. The van der Waals surface area contributed by atoms with Crippen molar-refractivity contribution in [1.29, 1.82) is 0 Å². The van der Waals surface area contributed by atoms with Crippen molar-refractivity contribution in [3.8, 4) is 0 Å². The van der Waals surface area contributed by atoms with Crippen LogP contribution in [0.1, 0.15) is 20.3 Å². The molecule has 0 heterocycles. The molecule has 0 aliphatic carbocycles. The van der Waals surface area contributed by atoms with Gasteiger partial charge in [0.15, 0.2) is 0 Å². The molecule has 0 aliphatic heterocycles. The molecular weight excluding hydrogens is 114 g/mol. The molecule has 0 amide bonds. The van der Waals surface area contributed by atoms with Crippen LogP contribution in [0.25, 0.3) is 0 Å². The van der Waals surface area contributed by atoms with Crippen LogP contribution < -0.4 is 5.32 Å². The molecule has 2 heteroatoms. The lowest BCUT2D eigenvalue weighted by Crippen LogP contribution is -2.26. The van der Waals surface area contributed by atoms with Gasteiger partial charge in [-0.25, -0.2) is 0 Å². The normalized spacial score (nSPS) is 17.3. The zero-order valence-corrected chi connectivity index (χ0v) is 6.77. The van der Waals surface area contributed by atoms with Crippen LogP contribution in [0.5, 0.6) is 0 Å². The van der Waals surface area contributed by atoms with Crippen molar-refractivity contribution in [1.82, 2.24) is 5.32 Å². The Balaban J connectivity index is 3.22. The molecule has 9 heavy (non-hydrogen) atoms. The van der Waals surface area contributed by atoms with E-state index in [1.807, 2.05) is 7.05 Å². The van der Waals surface area contributed by atoms with Gasteiger partial charge in [0.1, 0.15) is 0 Å². The van der Waals surface area contributed by atoms with Crippen LogP contribution in [-0.4, -0.2) is 26.3 Å². The highest BCUT2D eigenvalue weighted by atomic mass is 16.5. The molecule has 0 aromatic carbocycles. The third kappa shape index (κ3) is 4.43. The van der Waals surface area contributed by atoms with E-state index in [1.54, 1.807) is 7.11 Å². The van der Waals surface area contributed by atoms with E-state index in [-0.39, 0.29) is 0 Å². The molecule has 1 N–H and O–H groups in total. The van der Waals surface area contributed by atoms with Gasteiger partial charge in [0.05, 0.1) is 6.10 Å². The number of hydrogen-bond donors (Lipinski definition) is 1. The lowest BCUT2D eigenvalue weighted by atomic mass is 10.2. The summed E-state index contributed by atoms with van der Waals surface area (Å²) in [7, 11) is 3.71. The monoisotopic (exact) mass is 131 g/mol. The van der Waals surface area contributed by atoms with Gasteiger partial charge in [-0.3, -0.25) is 0 Å². The maximum absolute atomic E-state index is 5.08. The van der Waals surface area contributed by atoms with Crippen molar-refractivity contribution >= 4 is 0 Å². The van der Waals surface area contributed by atoms with Crippen LogP contribution >= 0.6 is 0 Å².